The summed E-state index contributed by atoms with van der Waals surface area (Å²) in [7, 11) is 0. The zero-order chi connectivity index (χ0) is 16.7. The van der Waals surface area contributed by atoms with Gasteiger partial charge in [0.1, 0.15) is 6.04 Å². The maximum absolute atomic E-state index is 12.6. The molecule has 1 aromatic rings. The van der Waals surface area contributed by atoms with E-state index in [1.807, 2.05) is 6.07 Å². The number of urea groups is 1. The number of amides is 3. The van der Waals surface area contributed by atoms with Crippen LogP contribution in [-0.4, -0.2) is 58.4 Å². The number of carbonyl (C=O) groups excluding carboxylic acids is 2. The van der Waals surface area contributed by atoms with Crippen molar-refractivity contribution in [1.82, 2.24) is 14.7 Å². The molecule has 1 aromatic carbocycles. The van der Waals surface area contributed by atoms with Gasteiger partial charge in [-0.25, -0.2) is 4.79 Å². The van der Waals surface area contributed by atoms with Crippen LogP contribution in [0, 0.1) is 0 Å². The van der Waals surface area contributed by atoms with Gasteiger partial charge >= 0.3 is 6.03 Å². The summed E-state index contributed by atoms with van der Waals surface area (Å²) in [5.74, 6) is 0.0482. The molecule has 0 spiro atoms. The van der Waals surface area contributed by atoms with Crippen LogP contribution in [0.5, 0.6) is 0 Å². The molecule has 3 heterocycles. The van der Waals surface area contributed by atoms with Crippen molar-refractivity contribution >= 4 is 11.9 Å². The maximum atomic E-state index is 12.6. The summed E-state index contributed by atoms with van der Waals surface area (Å²) in [6.07, 6.45) is 3.57. The number of rotatable bonds is 3. The molecular formula is C19H25N3O2. The van der Waals surface area contributed by atoms with E-state index < -0.39 is 0 Å². The van der Waals surface area contributed by atoms with Crippen LogP contribution >= 0.6 is 0 Å². The molecule has 0 unspecified atom stereocenters. The Morgan fingerprint density at radius 2 is 1.71 bits per heavy atom. The molecule has 24 heavy (non-hydrogen) atoms. The number of likely N-dealkylation sites (tertiary alicyclic amines) is 1. The minimum atomic E-state index is -0.168. The standard InChI is InChI=1S/C19H25N3O2/c1-14(15-6-3-2-4-7-15)20-12-9-16(10-13-20)22-18(23)17-8-5-11-21(17)19(22)24/h2-4,6-7,14,16-17H,5,8-13H2,1H3/t14-,17+/m0/s1. The van der Waals surface area contributed by atoms with Gasteiger partial charge < -0.3 is 4.90 Å². The normalized spacial score (nSPS) is 27.0. The highest BCUT2D eigenvalue weighted by Crippen LogP contribution is 2.32. The molecule has 3 fully saturated rings. The fourth-order valence-corrected chi connectivity index (χ4v) is 4.46. The summed E-state index contributed by atoms with van der Waals surface area (Å²) in [5, 5.41) is 0. The van der Waals surface area contributed by atoms with Gasteiger partial charge in [-0.15, -0.1) is 0 Å². The molecule has 128 valence electrons. The fraction of sp³-hybridized carbons (Fsp3) is 0.579. The Bertz CT molecular complexity index is 603. The molecule has 0 radical (unpaired) electrons. The quantitative estimate of drug-likeness (QED) is 0.802. The molecule has 3 amide bonds. The number of piperidine rings is 1. The van der Waals surface area contributed by atoms with Crippen molar-refractivity contribution in [2.24, 2.45) is 0 Å². The largest absolute Gasteiger partial charge is 0.327 e. The van der Waals surface area contributed by atoms with Gasteiger partial charge in [-0.2, -0.15) is 0 Å². The zero-order valence-corrected chi connectivity index (χ0v) is 14.2. The highest BCUT2D eigenvalue weighted by atomic mass is 16.2. The van der Waals surface area contributed by atoms with Crippen molar-refractivity contribution in [2.45, 2.75) is 50.7 Å². The number of benzene rings is 1. The predicted molar refractivity (Wildman–Crippen MR) is 91.4 cm³/mol. The van der Waals surface area contributed by atoms with Gasteiger partial charge in [0.15, 0.2) is 0 Å². The molecule has 0 aliphatic carbocycles. The highest BCUT2D eigenvalue weighted by molar-refractivity contribution is 6.04. The molecular weight excluding hydrogens is 302 g/mol. The maximum Gasteiger partial charge on any atom is 0.327 e. The lowest BCUT2D eigenvalue weighted by atomic mass is 9.99. The summed E-state index contributed by atoms with van der Waals surface area (Å²) in [5.41, 5.74) is 1.32. The third kappa shape index (κ3) is 2.51. The lowest BCUT2D eigenvalue weighted by Gasteiger charge is -2.38. The van der Waals surface area contributed by atoms with Gasteiger partial charge in [-0.1, -0.05) is 30.3 Å². The first-order valence-corrected chi connectivity index (χ1v) is 9.09. The number of hydrogen-bond donors (Lipinski definition) is 0. The lowest BCUT2D eigenvalue weighted by molar-refractivity contribution is -0.130. The van der Waals surface area contributed by atoms with E-state index in [9.17, 15) is 9.59 Å². The SMILES string of the molecule is C[C@@H](c1ccccc1)N1CCC(N2C(=O)[C@H]3CCCN3C2=O)CC1. The molecule has 4 rings (SSSR count). The van der Waals surface area contributed by atoms with Crippen molar-refractivity contribution in [3.05, 3.63) is 35.9 Å². The van der Waals surface area contributed by atoms with Crippen molar-refractivity contribution in [2.75, 3.05) is 19.6 Å². The lowest BCUT2D eigenvalue weighted by Crippen LogP contribution is -2.48. The first-order valence-electron chi connectivity index (χ1n) is 9.09. The van der Waals surface area contributed by atoms with Crippen LogP contribution in [0.3, 0.4) is 0 Å². The fourth-order valence-electron chi connectivity index (χ4n) is 4.46. The molecule has 0 aromatic heterocycles. The summed E-state index contributed by atoms with van der Waals surface area (Å²) in [6.45, 7) is 4.85. The van der Waals surface area contributed by atoms with Crippen LogP contribution < -0.4 is 0 Å². The van der Waals surface area contributed by atoms with E-state index in [1.165, 1.54) is 5.56 Å². The summed E-state index contributed by atoms with van der Waals surface area (Å²) < 4.78 is 0. The second kappa shape index (κ2) is 6.20. The Labute approximate surface area is 143 Å². The monoisotopic (exact) mass is 327 g/mol. The average Bonchev–Trinajstić information content (AvgIpc) is 3.20. The Morgan fingerprint density at radius 1 is 1.00 bits per heavy atom. The van der Waals surface area contributed by atoms with Crippen molar-refractivity contribution in [1.29, 1.82) is 0 Å². The first-order chi connectivity index (χ1) is 11.7. The van der Waals surface area contributed by atoms with Crippen LogP contribution in [0.15, 0.2) is 30.3 Å². The zero-order valence-electron chi connectivity index (χ0n) is 14.2. The Morgan fingerprint density at radius 3 is 2.38 bits per heavy atom. The van der Waals surface area contributed by atoms with Crippen LogP contribution in [0.1, 0.15) is 44.2 Å². The second-order valence-electron chi connectivity index (χ2n) is 7.20. The van der Waals surface area contributed by atoms with Crippen LogP contribution in [0.25, 0.3) is 0 Å². The second-order valence-corrected chi connectivity index (χ2v) is 7.20. The highest BCUT2D eigenvalue weighted by Gasteiger charge is 2.50. The number of hydrogen-bond acceptors (Lipinski definition) is 3. The smallest absolute Gasteiger partial charge is 0.312 e. The third-order valence-corrected chi connectivity index (χ3v) is 5.92. The number of fused-ring (bicyclic) bond motifs is 1. The topological polar surface area (TPSA) is 43.9 Å². The molecule has 0 N–H and O–H groups in total. The first kappa shape index (κ1) is 15.6. The van der Waals surface area contributed by atoms with E-state index in [-0.39, 0.29) is 24.0 Å². The molecule has 3 aliphatic heterocycles. The van der Waals surface area contributed by atoms with E-state index in [0.29, 0.717) is 6.04 Å². The van der Waals surface area contributed by atoms with Gasteiger partial charge in [0.2, 0.25) is 0 Å². The van der Waals surface area contributed by atoms with E-state index in [1.54, 1.807) is 9.80 Å². The Kier molecular flexibility index (Phi) is 4.04. The Balaban J connectivity index is 1.40. The molecule has 5 heteroatoms. The summed E-state index contributed by atoms with van der Waals surface area (Å²) in [6, 6.07) is 10.8. The van der Waals surface area contributed by atoms with E-state index in [2.05, 4.69) is 36.1 Å². The summed E-state index contributed by atoms with van der Waals surface area (Å²) >= 11 is 0. The molecule has 3 saturated heterocycles. The van der Waals surface area contributed by atoms with Gasteiger partial charge in [0, 0.05) is 31.7 Å². The molecule has 0 saturated carbocycles. The minimum absolute atomic E-state index is 0.0444. The van der Waals surface area contributed by atoms with Crippen LogP contribution in [0.2, 0.25) is 0 Å². The van der Waals surface area contributed by atoms with Crippen molar-refractivity contribution in [3.63, 3.8) is 0 Å². The van der Waals surface area contributed by atoms with E-state index in [4.69, 9.17) is 0 Å². The van der Waals surface area contributed by atoms with Crippen LogP contribution in [0.4, 0.5) is 4.79 Å². The van der Waals surface area contributed by atoms with Gasteiger partial charge in [-0.3, -0.25) is 14.6 Å². The van der Waals surface area contributed by atoms with E-state index in [0.717, 1.165) is 45.3 Å². The predicted octanol–water partition coefficient (Wildman–Crippen LogP) is 2.64. The minimum Gasteiger partial charge on any atom is -0.312 e. The van der Waals surface area contributed by atoms with Gasteiger partial charge in [0.05, 0.1) is 0 Å². The number of imide groups is 1. The van der Waals surface area contributed by atoms with Crippen molar-refractivity contribution in [3.8, 4) is 0 Å². The molecule has 3 aliphatic rings. The third-order valence-electron chi connectivity index (χ3n) is 5.92. The van der Waals surface area contributed by atoms with Gasteiger partial charge in [0.25, 0.3) is 5.91 Å². The number of carbonyl (C=O) groups is 2. The van der Waals surface area contributed by atoms with Gasteiger partial charge in [-0.05, 0) is 38.2 Å². The molecule has 0 bridgehead atoms. The number of nitrogens with zero attached hydrogens (tertiary/aromatic N) is 3. The van der Waals surface area contributed by atoms with Crippen molar-refractivity contribution < 1.29 is 9.59 Å². The molecule has 5 nitrogen and oxygen atoms in total. The van der Waals surface area contributed by atoms with E-state index >= 15 is 0 Å². The van der Waals surface area contributed by atoms with Crippen LogP contribution in [-0.2, 0) is 4.79 Å². The average molecular weight is 327 g/mol. The molecule has 2 atom stereocenters. The Hall–Kier alpha value is -1.88. The summed E-state index contributed by atoms with van der Waals surface area (Å²) in [4.78, 5) is 30.9.